The molecule has 0 bridgehead atoms. The van der Waals surface area contributed by atoms with Gasteiger partial charge >= 0.3 is 46.9 Å². The van der Waals surface area contributed by atoms with Gasteiger partial charge in [0.15, 0.2) is 0 Å². The number of carbonyl (C=O) groups is 2. The van der Waals surface area contributed by atoms with Crippen LogP contribution in [0.25, 0.3) is 0 Å². The van der Waals surface area contributed by atoms with Crippen LogP contribution >= 0.6 is 0 Å². The molecule has 0 aromatic rings. The van der Waals surface area contributed by atoms with E-state index < -0.39 is 17.3 Å². The molecule has 0 heterocycles. The predicted octanol–water partition coefficient (Wildman–Crippen LogP) is 1.14. The van der Waals surface area contributed by atoms with Crippen molar-refractivity contribution in [3.63, 3.8) is 0 Å². The third kappa shape index (κ3) is 20.2. The molecule has 132 valence electrons. The fraction of sp³-hybridized carbons (Fsp3) is 0.875. The van der Waals surface area contributed by atoms with Crippen LogP contribution in [-0.4, -0.2) is 23.1 Å². The summed E-state index contributed by atoms with van der Waals surface area (Å²) in [5.41, 5.74) is 0. The van der Waals surface area contributed by atoms with E-state index in [2.05, 4.69) is 15.3 Å². The molecule has 7 heteroatoms. The zero-order valence-corrected chi connectivity index (χ0v) is 17.5. The molecule has 0 fully saturated rings. The Morgan fingerprint density at radius 1 is 0.957 bits per heavy atom. The van der Waals surface area contributed by atoms with Crippen LogP contribution < -0.4 is 29.6 Å². The Balaban J connectivity index is -0.00000220. The number of hydrogen-bond acceptors (Lipinski definition) is 5. The van der Waals surface area contributed by atoms with Crippen molar-refractivity contribution in [2.45, 2.75) is 84.0 Å². The largest absolute Gasteiger partial charge is 1.00 e. The Bertz CT molecular complexity index is 319. The van der Waals surface area contributed by atoms with E-state index in [1.165, 1.54) is 51.4 Å². The van der Waals surface area contributed by atoms with Crippen molar-refractivity contribution in [3.8, 4) is 0 Å². The summed E-state index contributed by atoms with van der Waals surface area (Å²) in [6.07, 6.45) is 14.0. The quantitative estimate of drug-likeness (QED) is 0.235. The summed E-state index contributed by atoms with van der Waals surface area (Å²) in [5.74, 6) is -0.542. The maximum absolute atomic E-state index is 11.3. The standard InChI is InChI=1S/C16H30O5S.Na.H/c1-2-3-4-5-6-7-8-9-10-11-12-13-16(18)21-22(19)20-15-14-17;;/h14H,2-13,15H2,1H3;;/q;+1;-1. The van der Waals surface area contributed by atoms with E-state index in [0.717, 1.165) is 19.3 Å². The van der Waals surface area contributed by atoms with Gasteiger partial charge < -0.3 is 10.4 Å². The minimum absolute atomic E-state index is 0. The molecule has 0 aliphatic heterocycles. The summed E-state index contributed by atoms with van der Waals surface area (Å²) in [6, 6.07) is 0. The Morgan fingerprint density at radius 3 is 1.91 bits per heavy atom. The summed E-state index contributed by atoms with van der Waals surface area (Å²) >= 11 is -2.15. The van der Waals surface area contributed by atoms with E-state index >= 15 is 0 Å². The molecule has 1 unspecified atom stereocenters. The zero-order valence-electron chi connectivity index (χ0n) is 15.7. The van der Waals surface area contributed by atoms with Crippen molar-refractivity contribution in [2.75, 3.05) is 6.61 Å². The van der Waals surface area contributed by atoms with Crippen LogP contribution in [0.15, 0.2) is 0 Å². The number of hydrogen-bond donors (Lipinski definition) is 0. The fourth-order valence-electron chi connectivity index (χ4n) is 2.16. The van der Waals surface area contributed by atoms with Crippen LogP contribution in [0, 0.1) is 0 Å². The normalized spacial score (nSPS) is 11.5. The zero-order chi connectivity index (χ0) is 16.5. The molecule has 5 nitrogen and oxygen atoms in total. The van der Waals surface area contributed by atoms with Gasteiger partial charge in [0.1, 0.15) is 12.9 Å². The smallest absolute Gasteiger partial charge is 1.00 e. The molecular formula is C16H31NaO5S. The van der Waals surface area contributed by atoms with Crippen LogP contribution in [-0.2, 0) is 29.3 Å². The Hall–Kier alpha value is 0.250. The van der Waals surface area contributed by atoms with E-state index in [9.17, 15) is 13.8 Å². The fourth-order valence-corrected chi connectivity index (χ4v) is 2.61. The van der Waals surface area contributed by atoms with Gasteiger partial charge in [-0.1, -0.05) is 71.1 Å². The SMILES string of the molecule is CCCCCCCCCCCCCC(=O)OS(=O)OCC=O.[H-].[Na+]. The third-order valence-electron chi connectivity index (χ3n) is 3.38. The molecule has 1 atom stereocenters. The second-order valence-electron chi connectivity index (χ2n) is 5.40. The number of carbonyl (C=O) groups excluding carboxylic acids is 2. The van der Waals surface area contributed by atoms with Crippen molar-refractivity contribution in [2.24, 2.45) is 0 Å². The van der Waals surface area contributed by atoms with Crippen LogP contribution in [0.1, 0.15) is 85.4 Å². The first-order valence-corrected chi connectivity index (χ1v) is 9.40. The van der Waals surface area contributed by atoms with Gasteiger partial charge in [-0.25, -0.2) is 0 Å². The van der Waals surface area contributed by atoms with E-state index in [0.29, 0.717) is 6.29 Å². The van der Waals surface area contributed by atoms with E-state index in [1.54, 1.807) is 0 Å². The number of aldehydes is 1. The summed E-state index contributed by atoms with van der Waals surface area (Å²) < 4.78 is 19.9. The first-order valence-electron chi connectivity index (χ1n) is 8.40. The van der Waals surface area contributed by atoms with Crippen molar-refractivity contribution >= 4 is 23.6 Å². The first kappa shape index (κ1) is 25.5. The topological polar surface area (TPSA) is 69.7 Å². The molecule has 0 saturated heterocycles. The minimum Gasteiger partial charge on any atom is -1.00 e. The van der Waals surface area contributed by atoms with E-state index in [4.69, 9.17) is 0 Å². The van der Waals surface area contributed by atoms with Crippen molar-refractivity contribution in [1.82, 2.24) is 0 Å². The molecule has 0 N–H and O–H groups in total. The molecule has 0 spiro atoms. The van der Waals surface area contributed by atoms with E-state index in [1.807, 2.05) is 0 Å². The van der Waals surface area contributed by atoms with Crippen LogP contribution in [0.3, 0.4) is 0 Å². The molecular weight excluding hydrogens is 327 g/mol. The van der Waals surface area contributed by atoms with Gasteiger partial charge in [-0.15, -0.1) is 0 Å². The molecule has 0 amide bonds. The molecule has 23 heavy (non-hydrogen) atoms. The molecule has 0 aromatic carbocycles. The van der Waals surface area contributed by atoms with E-state index in [-0.39, 0.29) is 44.0 Å². The van der Waals surface area contributed by atoms with Gasteiger partial charge in [-0.05, 0) is 6.42 Å². The van der Waals surface area contributed by atoms with Gasteiger partial charge in [0.2, 0.25) is 0 Å². The van der Waals surface area contributed by atoms with Gasteiger partial charge in [-0.2, -0.15) is 4.21 Å². The monoisotopic (exact) mass is 358 g/mol. The molecule has 0 rings (SSSR count). The maximum atomic E-state index is 11.3. The van der Waals surface area contributed by atoms with Crippen LogP contribution in [0.4, 0.5) is 0 Å². The van der Waals surface area contributed by atoms with Crippen molar-refractivity contribution in [1.29, 1.82) is 0 Å². The average molecular weight is 358 g/mol. The molecule has 0 aliphatic carbocycles. The molecule has 0 radical (unpaired) electrons. The first-order chi connectivity index (χ1) is 10.7. The summed E-state index contributed by atoms with van der Waals surface area (Å²) in [6.45, 7) is 1.89. The Labute approximate surface area is 166 Å². The molecule has 0 aliphatic rings. The maximum Gasteiger partial charge on any atom is 1.00 e. The van der Waals surface area contributed by atoms with Crippen molar-refractivity contribution < 1.29 is 53.1 Å². The van der Waals surface area contributed by atoms with Crippen LogP contribution in [0.2, 0.25) is 0 Å². The second kappa shape index (κ2) is 20.3. The Morgan fingerprint density at radius 2 is 1.43 bits per heavy atom. The molecule has 0 saturated carbocycles. The summed E-state index contributed by atoms with van der Waals surface area (Å²) in [5, 5.41) is 0. The van der Waals surface area contributed by atoms with Crippen molar-refractivity contribution in [3.05, 3.63) is 0 Å². The van der Waals surface area contributed by atoms with Gasteiger partial charge in [-0.3, -0.25) is 8.98 Å². The minimum atomic E-state index is -2.15. The Kier molecular flexibility index (Phi) is 22.5. The predicted molar refractivity (Wildman–Crippen MR) is 88.4 cm³/mol. The molecule has 0 aromatic heterocycles. The van der Waals surface area contributed by atoms with Crippen LogP contribution in [0.5, 0.6) is 0 Å². The second-order valence-corrected chi connectivity index (χ2v) is 6.21. The average Bonchev–Trinajstić information content (AvgIpc) is 2.50. The number of rotatable bonds is 16. The third-order valence-corrected chi connectivity index (χ3v) is 4.03. The van der Waals surface area contributed by atoms with Gasteiger partial charge in [0.25, 0.3) is 0 Å². The van der Waals surface area contributed by atoms with Gasteiger partial charge in [0, 0.05) is 6.42 Å². The van der Waals surface area contributed by atoms with Gasteiger partial charge in [0.05, 0.1) is 0 Å². The summed E-state index contributed by atoms with van der Waals surface area (Å²) in [4.78, 5) is 21.3. The number of unbranched alkanes of at least 4 members (excludes halogenated alkanes) is 10. The summed E-state index contributed by atoms with van der Waals surface area (Å²) in [7, 11) is 0.